The van der Waals surface area contributed by atoms with E-state index >= 15 is 0 Å². The lowest BCUT2D eigenvalue weighted by Gasteiger charge is -2.25. The minimum Gasteiger partial charge on any atom is -0.306 e. The maximum atomic E-state index is 11.9. The van der Waals surface area contributed by atoms with Gasteiger partial charge in [0.15, 0.2) is 5.65 Å². The van der Waals surface area contributed by atoms with E-state index in [0.717, 1.165) is 70.4 Å². The van der Waals surface area contributed by atoms with Gasteiger partial charge < -0.3 is 4.57 Å². The van der Waals surface area contributed by atoms with Crippen molar-refractivity contribution >= 4 is 39.6 Å². The molecule has 7 rings (SSSR count). The van der Waals surface area contributed by atoms with Crippen molar-refractivity contribution < 1.29 is 4.79 Å². The number of amides is 1. The summed E-state index contributed by atoms with van der Waals surface area (Å²) in [5.74, 6) is -0.0458. The minimum absolute atomic E-state index is 0.145. The summed E-state index contributed by atoms with van der Waals surface area (Å²) in [5, 5.41) is 4.26. The number of nitrogens with zero attached hydrogens (tertiary/aromatic N) is 5. The molecule has 1 aliphatic rings. The van der Waals surface area contributed by atoms with E-state index in [-0.39, 0.29) is 11.6 Å². The summed E-state index contributed by atoms with van der Waals surface area (Å²) in [6.07, 6.45) is 7.03. The Hall–Kier alpha value is -4.75. The Labute approximate surface area is 247 Å². The molecule has 1 aliphatic carbocycles. The van der Waals surface area contributed by atoms with Gasteiger partial charge in [0.05, 0.1) is 16.8 Å². The fourth-order valence-corrected chi connectivity index (χ4v) is 6.17. The fourth-order valence-electron chi connectivity index (χ4n) is 6.04. The first kappa shape index (κ1) is 26.2. The number of fused-ring (bicyclic) bond motifs is 2. The van der Waals surface area contributed by atoms with Crippen LogP contribution in [0.1, 0.15) is 48.5 Å². The van der Waals surface area contributed by atoms with Gasteiger partial charge in [0.2, 0.25) is 0 Å². The molecule has 0 radical (unpaired) electrons. The predicted molar refractivity (Wildman–Crippen MR) is 166 cm³/mol. The molecule has 3 aromatic carbocycles. The van der Waals surface area contributed by atoms with Crippen molar-refractivity contribution in [3.05, 3.63) is 107 Å². The highest BCUT2D eigenvalue weighted by Crippen LogP contribution is 2.37. The molecule has 206 valence electrons. The summed E-state index contributed by atoms with van der Waals surface area (Å²) in [4.78, 5) is 37.4. The number of carbonyl (C=O) groups excluding carboxylic acids is 1. The molecule has 42 heavy (non-hydrogen) atoms. The van der Waals surface area contributed by atoms with E-state index in [1.807, 2.05) is 48.5 Å². The highest BCUT2D eigenvalue weighted by molar-refractivity contribution is 6.30. The van der Waals surface area contributed by atoms with Crippen LogP contribution in [0.15, 0.2) is 96.3 Å². The number of benzene rings is 3. The van der Waals surface area contributed by atoms with E-state index < -0.39 is 5.91 Å². The molecule has 1 saturated carbocycles. The molecule has 0 atom stereocenters. The van der Waals surface area contributed by atoms with E-state index in [1.165, 1.54) is 12.6 Å². The van der Waals surface area contributed by atoms with Crippen molar-refractivity contribution in [2.24, 2.45) is 5.18 Å². The van der Waals surface area contributed by atoms with Crippen LogP contribution < -0.4 is 0 Å². The molecule has 0 aliphatic heterocycles. The van der Waals surface area contributed by atoms with E-state index in [4.69, 9.17) is 21.6 Å². The molecule has 1 fully saturated rings. The SMILES string of the molecule is O=NC(=O)c1cnc2c(c1)nc(-c1ccc3nc(-c4ccccc4-c4ccc(Cl)cc4)ccc3c1)n2C1CCCCC1. The first-order valence-corrected chi connectivity index (χ1v) is 14.5. The van der Waals surface area contributed by atoms with Crippen molar-refractivity contribution in [1.29, 1.82) is 0 Å². The number of carbonyl (C=O) groups is 1. The van der Waals surface area contributed by atoms with Gasteiger partial charge in [0, 0.05) is 39.0 Å². The van der Waals surface area contributed by atoms with Gasteiger partial charge in [-0.15, -0.1) is 4.91 Å². The van der Waals surface area contributed by atoms with Crippen molar-refractivity contribution in [2.75, 3.05) is 0 Å². The van der Waals surface area contributed by atoms with Crippen molar-refractivity contribution in [3.63, 3.8) is 0 Å². The number of nitroso groups, excluding NO2 is 1. The zero-order valence-corrected chi connectivity index (χ0v) is 23.5. The topological polar surface area (TPSA) is 90.1 Å². The minimum atomic E-state index is -0.844. The maximum Gasteiger partial charge on any atom is 0.318 e. The third-order valence-electron chi connectivity index (χ3n) is 8.11. The van der Waals surface area contributed by atoms with Gasteiger partial charge in [-0.3, -0.25) is 4.79 Å². The molecule has 3 aromatic heterocycles. The largest absolute Gasteiger partial charge is 0.318 e. The van der Waals surface area contributed by atoms with Crippen LogP contribution in [0, 0.1) is 4.91 Å². The van der Waals surface area contributed by atoms with Gasteiger partial charge in [-0.1, -0.05) is 73.3 Å². The molecule has 0 spiro atoms. The maximum absolute atomic E-state index is 11.9. The van der Waals surface area contributed by atoms with Crippen LogP contribution in [0.4, 0.5) is 0 Å². The second kappa shape index (κ2) is 10.9. The number of hydrogen-bond donors (Lipinski definition) is 0. The molecule has 0 saturated heterocycles. The summed E-state index contributed by atoms with van der Waals surface area (Å²) in [6.45, 7) is 0. The van der Waals surface area contributed by atoms with Crippen LogP contribution in [0.5, 0.6) is 0 Å². The van der Waals surface area contributed by atoms with Crippen molar-refractivity contribution in [3.8, 4) is 33.8 Å². The number of aromatic nitrogens is 4. The van der Waals surface area contributed by atoms with E-state index in [1.54, 1.807) is 6.07 Å². The second-order valence-corrected chi connectivity index (χ2v) is 11.2. The first-order valence-electron chi connectivity index (χ1n) is 14.1. The summed E-state index contributed by atoms with van der Waals surface area (Å²) < 4.78 is 2.21. The second-order valence-electron chi connectivity index (χ2n) is 10.7. The molecule has 0 unspecified atom stereocenters. The highest BCUT2D eigenvalue weighted by Gasteiger charge is 2.24. The molecule has 7 nitrogen and oxygen atoms in total. The third kappa shape index (κ3) is 4.76. The Morgan fingerprint density at radius 2 is 1.57 bits per heavy atom. The molecule has 0 bridgehead atoms. The first-order chi connectivity index (χ1) is 20.6. The Morgan fingerprint density at radius 3 is 2.36 bits per heavy atom. The number of pyridine rings is 2. The average Bonchev–Trinajstić information content (AvgIpc) is 3.43. The van der Waals surface area contributed by atoms with Crippen LogP contribution in [0.25, 0.3) is 55.8 Å². The smallest absolute Gasteiger partial charge is 0.306 e. The normalized spacial score (nSPS) is 13.9. The van der Waals surface area contributed by atoms with Gasteiger partial charge in [-0.2, -0.15) is 0 Å². The van der Waals surface area contributed by atoms with E-state index in [0.29, 0.717) is 16.2 Å². The van der Waals surface area contributed by atoms with Crippen molar-refractivity contribution in [1.82, 2.24) is 19.5 Å². The Kier molecular flexibility index (Phi) is 6.80. The average molecular weight is 572 g/mol. The zero-order valence-electron chi connectivity index (χ0n) is 22.7. The standard InChI is InChI=1S/C34H26ClN5O2/c35-25-14-10-21(11-15-25)27-8-4-5-9-28(27)30-17-12-22-18-23(13-16-29(22)37-30)32-38-31-19-24(34(41)39-42)20-36-33(31)40(32)26-6-2-1-3-7-26/h4-5,8-20,26H,1-3,6-7H2. The van der Waals surface area contributed by atoms with Crippen LogP contribution in [0.2, 0.25) is 5.02 Å². The van der Waals surface area contributed by atoms with Crippen LogP contribution >= 0.6 is 11.6 Å². The quantitative estimate of drug-likeness (QED) is 0.192. The van der Waals surface area contributed by atoms with Gasteiger partial charge in [0.1, 0.15) is 11.3 Å². The summed E-state index contributed by atoms with van der Waals surface area (Å²) in [5.41, 5.74) is 7.38. The number of hydrogen-bond acceptors (Lipinski definition) is 5. The highest BCUT2D eigenvalue weighted by atomic mass is 35.5. The summed E-state index contributed by atoms with van der Waals surface area (Å²) in [6, 6.07) is 28.3. The molecular weight excluding hydrogens is 546 g/mol. The van der Waals surface area contributed by atoms with Crippen molar-refractivity contribution in [2.45, 2.75) is 38.1 Å². The zero-order chi connectivity index (χ0) is 28.6. The molecular formula is C34H26ClN5O2. The Morgan fingerprint density at radius 1 is 0.810 bits per heavy atom. The van der Waals surface area contributed by atoms with E-state index in [9.17, 15) is 9.70 Å². The third-order valence-corrected chi connectivity index (χ3v) is 8.36. The molecule has 3 heterocycles. The predicted octanol–water partition coefficient (Wildman–Crippen LogP) is 9.05. The number of imidazole rings is 1. The van der Waals surface area contributed by atoms with Crippen LogP contribution in [-0.4, -0.2) is 25.4 Å². The van der Waals surface area contributed by atoms with Gasteiger partial charge in [-0.05, 0) is 66.4 Å². The molecule has 0 N–H and O–H groups in total. The lowest BCUT2D eigenvalue weighted by atomic mass is 9.95. The summed E-state index contributed by atoms with van der Waals surface area (Å²) in [7, 11) is 0. The van der Waals surface area contributed by atoms with E-state index in [2.05, 4.69) is 45.1 Å². The number of halogens is 1. The Balaban J connectivity index is 1.32. The molecule has 6 aromatic rings. The Bertz CT molecular complexity index is 1980. The monoisotopic (exact) mass is 571 g/mol. The van der Waals surface area contributed by atoms with Gasteiger partial charge >= 0.3 is 5.91 Å². The molecule has 8 heteroatoms. The lowest BCUT2D eigenvalue weighted by molar-refractivity contribution is 0.100. The fraction of sp³-hybridized carbons (Fsp3) is 0.176. The lowest BCUT2D eigenvalue weighted by Crippen LogP contribution is -2.14. The van der Waals surface area contributed by atoms with Gasteiger partial charge in [-0.25, -0.2) is 15.0 Å². The number of rotatable bonds is 5. The van der Waals surface area contributed by atoms with Crippen LogP contribution in [0.3, 0.4) is 0 Å². The summed E-state index contributed by atoms with van der Waals surface area (Å²) >= 11 is 6.13. The van der Waals surface area contributed by atoms with Gasteiger partial charge in [0.25, 0.3) is 0 Å². The van der Waals surface area contributed by atoms with Crippen LogP contribution in [-0.2, 0) is 0 Å². The molecule has 1 amide bonds.